The summed E-state index contributed by atoms with van der Waals surface area (Å²) in [6.07, 6.45) is 7.70. The van der Waals surface area contributed by atoms with Crippen LogP contribution in [-0.4, -0.2) is 48.2 Å². The standard InChI is InChI=1S/C16H31NO3/c1-12-4-2-3-5-16(12)20-11-15(19)10-17-9-13-6-7-14(18)8-13/h12-19H,2-11H2,1H3. The average Bonchev–Trinajstić information content (AvgIpc) is 2.83. The Balaban J connectivity index is 1.52. The molecule has 5 unspecified atom stereocenters. The van der Waals surface area contributed by atoms with Gasteiger partial charge in [-0.25, -0.2) is 0 Å². The Bertz CT molecular complexity index is 274. The SMILES string of the molecule is CC1CCCCC1OCC(O)CNCC1CCC(O)C1. The van der Waals surface area contributed by atoms with E-state index in [-0.39, 0.29) is 6.10 Å². The lowest BCUT2D eigenvalue weighted by atomic mass is 9.88. The molecule has 20 heavy (non-hydrogen) atoms. The first-order chi connectivity index (χ1) is 9.65. The zero-order chi connectivity index (χ0) is 14.4. The maximum absolute atomic E-state index is 9.96. The van der Waals surface area contributed by atoms with Crippen LogP contribution in [0.25, 0.3) is 0 Å². The van der Waals surface area contributed by atoms with Crippen LogP contribution in [0.2, 0.25) is 0 Å². The normalized spacial score (nSPS) is 36.1. The summed E-state index contributed by atoms with van der Waals surface area (Å²) >= 11 is 0. The van der Waals surface area contributed by atoms with Gasteiger partial charge < -0.3 is 20.3 Å². The highest BCUT2D eigenvalue weighted by Gasteiger charge is 2.24. The second-order valence-corrected chi connectivity index (χ2v) is 6.78. The fraction of sp³-hybridized carbons (Fsp3) is 1.00. The molecule has 2 fully saturated rings. The lowest BCUT2D eigenvalue weighted by molar-refractivity contribution is -0.0452. The third-order valence-corrected chi connectivity index (χ3v) is 4.86. The Morgan fingerprint density at radius 2 is 2.00 bits per heavy atom. The summed E-state index contributed by atoms with van der Waals surface area (Å²) in [6.45, 7) is 4.18. The van der Waals surface area contributed by atoms with E-state index in [9.17, 15) is 10.2 Å². The monoisotopic (exact) mass is 285 g/mol. The summed E-state index contributed by atoms with van der Waals surface area (Å²) in [7, 11) is 0. The maximum atomic E-state index is 9.96. The Morgan fingerprint density at radius 3 is 2.70 bits per heavy atom. The van der Waals surface area contributed by atoms with Crippen molar-refractivity contribution < 1.29 is 14.9 Å². The largest absolute Gasteiger partial charge is 0.393 e. The van der Waals surface area contributed by atoms with E-state index < -0.39 is 6.10 Å². The van der Waals surface area contributed by atoms with E-state index in [4.69, 9.17) is 4.74 Å². The third kappa shape index (κ3) is 5.32. The predicted octanol–water partition coefficient (Wildman–Crippen LogP) is 1.69. The molecule has 2 aliphatic rings. The molecule has 0 amide bonds. The van der Waals surface area contributed by atoms with Gasteiger partial charge in [0.25, 0.3) is 0 Å². The van der Waals surface area contributed by atoms with Gasteiger partial charge >= 0.3 is 0 Å². The van der Waals surface area contributed by atoms with E-state index in [2.05, 4.69) is 12.2 Å². The van der Waals surface area contributed by atoms with Crippen molar-refractivity contribution in [3.05, 3.63) is 0 Å². The van der Waals surface area contributed by atoms with E-state index in [1.807, 2.05) is 0 Å². The lowest BCUT2D eigenvalue weighted by Crippen LogP contribution is -2.36. The van der Waals surface area contributed by atoms with Gasteiger partial charge in [0.05, 0.1) is 24.9 Å². The first-order valence-electron chi connectivity index (χ1n) is 8.33. The van der Waals surface area contributed by atoms with Gasteiger partial charge in [-0.15, -0.1) is 0 Å². The Hall–Kier alpha value is -0.160. The summed E-state index contributed by atoms with van der Waals surface area (Å²) in [5.41, 5.74) is 0. The van der Waals surface area contributed by atoms with E-state index in [0.29, 0.717) is 31.1 Å². The molecule has 2 rings (SSSR count). The third-order valence-electron chi connectivity index (χ3n) is 4.86. The van der Waals surface area contributed by atoms with E-state index in [1.54, 1.807) is 0 Å². The van der Waals surface area contributed by atoms with Gasteiger partial charge in [0.15, 0.2) is 0 Å². The van der Waals surface area contributed by atoms with Crippen molar-refractivity contribution in [1.29, 1.82) is 0 Å². The molecule has 4 nitrogen and oxygen atoms in total. The van der Waals surface area contributed by atoms with E-state index >= 15 is 0 Å². The van der Waals surface area contributed by atoms with Gasteiger partial charge in [0, 0.05) is 6.54 Å². The van der Waals surface area contributed by atoms with Gasteiger partial charge in [0.1, 0.15) is 0 Å². The molecule has 4 heteroatoms. The van der Waals surface area contributed by atoms with Crippen LogP contribution in [-0.2, 0) is 4.74 Å². The van der Waals surface area contributed by atoms with Gasteiger partial charge in [-0.1, -0.05) is 19.8 Å². The summed E-state index contributed by atoms with van der Waals surface area (Å²) in [5.74, 6) is 1.19. The highest BCUT2D eigenvalue weighted by Crippen LogP contribution is 2.26. The molecule has 2 saturated carbocycles. The number of rotatable bonds is 7. The number of aliphatic hydroxyl groups is 2. The fourth-order valence-corrected chi connectivity index (χ4v) is 3.51. The topological polar surface area (TPSA) is 61.7 Å². The number of aliphatic hydroxyl groups excluding tert-OH is 2. The number of hydrogen-bond acceptors (Lipinski definition) is 4. The van der Waals surface area contributed by atoms with Crippen molar-refractivity contribution in [2.45, 2.75) is 70.2 Å². The number of nitrogens with one attached hydrogen (secondary N) is 1. The van der Waals surface area contributed by atoms with Crippen LogP contribution in [0.15, 0.2) is 0 Å². The zero-order valence-corrected chi connectivity index (χ0v) is 12.8. The van der Waals surface area contributed by atoms with Gasteiger partial charge in [-0.3, -0.25) is 0 Å². The molecule has 0 aliphatic heterocycles. The van der Waals surface area contributed by atoms with Crippen LogP contribution in [0, 0.1) is 11.8 Å². The summed E-state index contributed by atoms with van der Waals surface area (Å²) < 4.78 is 5.87. The highest BCUT2D eigenvalue weighted by atomic mass is 16.5. The van der Waals surface area contributed by atoms with Crippen LogP contribution < -0.4 is 5.32 Å². The Morgan fingerprint density at radius 1 is 1.20 bits per heavy atom. The van der Waals surface area contributed by atoms with Crippen molar-refractivity contribution in [3.63, 3.8) is 0 Å². The molecule has 0 aromatic heterocycles. The summed E-state index contributed by atoms with van der Waals surface area (Å²) in [6, 6.07) is 0. The van der Waals surface area contributed by atoms with Crippen LogP contribution in [0.1, 0.15) is 51.9 Å². The van der Waals surface area contributed by atoms with Crippen molar-refractivity contribution in [2.24, 2.45) is 11.8 Å². The molecule has 2 aliphatic carbocycles. The van der Waals surface area contributed by atoms with Crippen LogP contribution in [0.3, 0.4) is 0 Å². The first-order valence-corrected chi connectivity index (χ1v) is 8.33. The minimum absolute atomic E-state index is 0.108. The molecule has 5 atom stereocenters. The van der Waals surface area contributed by atoms with Crippen molar-refractivity contribution in [2.75, 3.05) is 19.7 Å². The summed E-state index contributed by atoms with van der Waals surface area (Å²) in [5, 5.41) is 22.7. The maximum Gasteiger partial charge on any atom is 0.0897 e. The number of hydrogen-bond donors (Lipinski definition) is 3. The smallest absolute Gasteiger partial charge is 0.0897 e. The fourth-order valence-electron chi connectivity index (χ4n) is 3.51. The van der Waals surface area contributed by atoms with Crippen LogP contribution >= 0.6 is 0 Å². The van der Waals surface area contributed by atoms with Gasteiger partial charge in [-0.05, 0) is 50.5 Å². The van der Waals surface area contributed by atoms with Crippen molar-refractivity contribution in [1.82, 2.24) is 5.32 Å². The molecule has 0 aromatic rings. The van der Waals surface area contributed by atoms with E-state index in [1.165, 1.54) is 19.3 Å². The lowest BCUT2D eigenvalue weighted by Gasteiger charge is -2.29. The van der Waals surface area contributed by atoms with Crippen molar-refractivity contribution in [3.8, 4) is 0 Å². The highest BCUT2D eigenvalue weighted by molar-refractivity contribution is 4.77. The van der Waals surface area contributed by atoms with Crippen molar-refractivity contribution >= 4 is 0 Å². The minimum atomic E-state index is -0.421. The molecule has 118 valence electrons. The minimum Gasteiger partial charge on any atom is -0.393 e. The second-order valence-electron chi connectivity index (χ2n) is 6.78. The van der Waals surface area contributed by atoms with Gasteiger partial charge in [0.2, 0.25) is 0 Å². The molecule has 0 saturated heterocycles. The molecule has 0 heterocycles. The van der Waals surface area contributed by atoms with Crippen LogP contribution in [0.5, 0.6) is 0 Å². The quantitative estimate of drug-likeness (QED) is 0.666. The predicted molar refractivity (Wildman–Crippen MR) is 79.6 cm³/mol. The number of ether oxygens (including phenoxy) is 1. The molecule has 0 radical (unpaired) electrons. The first kappa shape index (κ1) is 16.2. The summed E-state index contributed by atoms with van der Waals surface area (Å²) in [4.78, 5) is 0. The Labute approximate surface area is 122 Å². The molecule has 0 spiro atoms. The van der Waals surface area contributed by atoms with E-state index in [0.717, 1.165) is 32.2 Å². The Kier molecular flexibility index (Phi) is 6.75. The second kappa shape index (κ2) is 8.32. The molecule has 3 N–H and O–H groups in total. The molecular weight excluding hydrogens is 254 g/mol. The van der Waals surface area contributed by atoms with Crippen LogP contribution in [0.4, 0.5) is 0 Å². The average molecular weight is 285 g/mol. The molecule has 0 aromatic carbocycles. The molecular formula is C16H31NO3. The molecule has 0 bridgehead atoms. The van der Waals surface area contributed by atoms with Gasteiger partial charge in [-0.2, -0.15) is 0 Å². The zero-order valence-electron chi connectivity index (χ0n) is 12.8.